The fourth-order valence-corrected chi connectivity index (χ4v) is 5.81. The van der Waals surface area contributed by atoms with E-state index in [2.05, 4.69) is 63.4 Å². The fraction of sp³-hybridized carbons (Fsp3) is 0.333. The SMILES string of the molecule is CCOc1ncc(C(=O)NC2CC3(CCC3)C2)c2c1ccn2Cc1ccc(-c2ccccc2)cc1. The van der Waals surface area contributed by atoms with Crippen molar-refractivity contribution in [3.63, 3.8) is 0 Å². The van der Waals surface area contributed by atoms with E-state index in [0.29, 0.717) is 30.0 Å². The lowest BCUT2D eigenvalue weighted by Crippen LogP contribution is -2.53. The topological polar surface area (TPSA) is 56.1 Å². The third-order valence-corrected chi connectivity index (χ3v) is 7.81. The zero-order chi connectivity index (χ0) is 23.8. The molecule has 2 aliphatic carbocycles. The standard InChI is InChI=1S/C30H31N3O2/c1-2-35-29-25-13-16-33(20-21-9-11-23(12-10-21)22-7-4-3-5-8-22)27(25)26(19-31-29)28(34)32-24-17-30(18-24)14-6-15-30/h3-5,7-13,16,19,24H,2,6,14-15,17-18,20H2,1H3,(H,32,34). The summed E-state index contributed by atoms with van der Waals surface area (Å²) in [6.07, 6.45) is 9.91. The Bertz CT molecular complexity index is 1350. The largest absolute Gasteiger partial charge is 0.477 e. The second-order valence-corrected chi connectivity index (χ2v) is 10.1. The van der Waals surface area contributed by atoms with Crippen LogP contribution in [0.4, 0.5) is 0 Å². The molecule has 5 nitrogen and oxygen atoms in total. The highest BCUT2D eigenvalue weighted by Gasteiger charge is 2.48. The van der Waals surface area contributed by atoms with E-state index in [-0.39, 0.29) is 11.9 Å². The molecule has 6 rings (SSSR count). The van der Waals surface area contributed by atoms with Crippen molar-refractivity contribution in [1.29, 1.82) is 0 Å². The molecule has 2 saturated carbocycles. The smallest absolute Gasteiger partial charge is 0.255 e. The molecule has 0 radical (unpaired) electrons. The van der Waals surface area contributed by atoms with Gasteiger partial charge in [0.05, 0.1) is 23.1 Å². The average Bonchev–Trinajstić information content (AvgIpc) is 3.25. The third kappa shape index (κ3) is 4.09. The van der Waals surface area contributed by atoms with Gasteiger partial charge in [0.15, 0.2) is 0 Å². The van der Waals surface area contributed by atoms with E-state index in [0.717, 1.165) is 23.7 Å². The Morgan fingerprint density at radius 1 is 1.06 bits per heavy atom. The first-order valence-electron chi connectivity index (χ1n) is 12.7. The number of benzene rings is 2. The van der Waals surface area contributed by atoms with Crippen molar-refractivity contribution in [3.8, 4) is 17.0 Å². The summed E-state index contributed by atoms with van der Waals surface area (Å²) in [5.41, 5.74) is 5.59. The van der Waals surface area contributed by atoms with Crippen molar-refractivity contribution >= 4 is 16.8 Å². The lowest BCUT2D eigenvalue weighted by Gasteiger charge is -2.54. The van der Waals surface area contributed by atoms with E-state index in [1.54, 1.807) is 6.20 Å². The number of aromatic nitrogens is 2. The van der Waals surface area contributed by atoms with E-state index in [9.17, 15) is 4.79 Å². The van der Waals surface area contributed by atoms with Crippen LogP contribution in [-0.2, 0) is 6.54 Å². The van der Waals surface area contributed by atoms with Crippen LogP contribution in [0.1, 0.15) is 54.9 Å². The molecule has 0 saturated heterocycles. The lowest BCUT2D eigenvalue weighted by molar-refractivity contribution is -0.000607. The number of amides is 1. The molecule has 2 aliphatic rings. The van der Waals surface area contributed by atoms with Gasteiger partial charge in [0.2, 0.25) is 5.88 Å². The van der Waals surface area contributed by atoms with Crippen LogP contribution in [0.2, 0.25) is 0 Å². The molecule has 4 aromatic rings. The van der Waals surface area contributed by atoms with Crippen molar-refractivity contribution in [2.24, 2.45) is 5.41 Å². The molecule has 5 heteroatoms. The number of nitrogens with zero attached hydrogens (tertiary/aromatic N) is 2. The Labute approximate surface area is 206 Å². The number of fused-ring (bicyclic) bond motifs is 1. The van der Waals surface area contributed by atoms with E-state index in [1.165, 1.54) is 36.0 Å². The summed E-state index contributed by atoms with van der Waals surface area (Å²) in [4.78, 5) is 17.8. The van der Waals surface area contributed by atoms with Gasteiger partial charge in [-0.1, -0.05) is 61.0 Å². The number of nitrogens with one attached hydrogen (secondary N) is 1. The molecule has 35 heavy (non-hydrogen) atoms. The van der Waals surface area contributed by atoms with Crippen molar-refractivity contribution < 1.29 is 9.53 Å². The van der Waals surface area contributed by atoms with Crippen LogP contribution >= 0.6 is 0 Å². The van der Waals surface area contributed by atoms with Crippen LogP contribution in [-0.4, -0.2) is 28.1 Å². The molecule has 178 valence electrons. The quantitative estimate of drug-likeness (QED) is 0.353. The maximum Gasteiger partial charge on any atom is 0.255 e. The van der Waals surface area contributed by atoms with Crippen molar-refractivity contribution in [3.05, 3.63) is 84.2 Å². The van der Waals surface area contributed by atoms with Gasteiger partial charge in [-0.05, 0) is 60.8 Å². The summed E-state index contributed by atoms with van der Waals surface area (Å²) in [6, 6.07) is 21.3. The van der Waals surface area contributed by atoms with Crippen molar-refractivity contribution in [2.75, 3.05) is 6.61 Å². The molecular formula is C30H31N3O2. The maximum atomic E-state index is 13.3. The molecule has 0 aliphatic heterocycles. The van der Waals surface area contributed by atoms with Gasteiger partial charge in [0, 0.05) is 25.0 Å². The Hall–Kier alpha value is -3.60. The molecule has 1 spiro atoms. The lowest BCUT2D eigenvalue weighted by atomic mass is 9.54. The number of hydrogen-bond acceptors (Lipinski definition) is 3. The molecule has 1 amide bonds. The predicted molar refractivity (Wildman–Crippen MR) is 139 cm³/mol. The molecule has 2 heterocycles. The molecule has 2 aromatic carbocycles. The number of hydrogen-bond donors (Lipinski definition) is 1. The maximum absolute atomic E-state index is 13.3. The molecule has 2 fully saturated rings. The van der Waals surface area contributed by atoms with Crippen LogP contribution in [0.3, 0.4) is 0 Å². The normalized spacial score (nSPS) is 16.6. The summed E-state index contributed by atoms with van der Waals surface area (Å²) in [7, 11) is 0. The van der Waals surface area contributed by atoms with Crippen LogP contribution < -0.4 is 10.1 Å². The minimum absolute atomic E-state index is 0.0379. The molecule has 2 aromatic heterocycles. The second-order valence-electron chi connectivity index (χ2n) is 10.1. The first-order chi connectivity index (χ1) is 17.1. The molecule has 0 atom stereocenters. The first kappa shape index (κ1) is 21.9. The van der Waals surface area contributed by atoms with Gasteiger partial charge < -0.3 is 14.6 Å². The number of carbonyl (C=O) groups excluding carboxylic acids is 1. The minimum atomic E-state index is -0.0379. The summed E-state index contributed by atoms with van der Waals surface area (Å²) in [5, 5.41) is 4.15. The van der Waals surface area contributed by atoms with E-state index in [4.69, 9.17) is 4.74 Å². The minimum Gasteiger partial charge on any atom is -0.477 e. The molecule has 0 unspecified atom stereocenters. The summed E-state index contributed by atoms with van der Waals surface area (Å²) in [5.74, 6) is 0.540. The van der Waals surface area contributed by atoms with E-state index < -0.39 is 0 Å². The Morgan fingerprint density at radius 2 is 1.80 bits per heavy atom. The van der Waals surface area contributed by atoms with Crippen molar-refractivity contribution in [1.82, 2.24) is 14.9 Å². The van der Waals surface area contributed by atoms with Gasteiger partial charge in [0.25, 0.3) is 5.91 Å². The zero-order valence-electron chi connectivity index (χ0n) is 20.2. The van der Waals surface area contributed by atoms with Gasteiger partial charge in [-0.15, -0.1) is 0 Å². The van der Waals surface area contributed by atoms with Gasteiger partial charge in [-0.3, -0.25) is 4.79 Å². The highest BCUT2D eigenvalue weighted by molar-refractivity contribution is 6.07. The van der Waals surface area contributed by atoms with Crippen molar-refractivity contribution in [2.45, 2.75) is 51.6 Å². The monoisotopic (exact) mass is 465 g/mol. The number of ether oxygens (including phenoxy) is 1. The van der Waals surface area contributed by atoms with Gasteiger partial charge in [0.1, 0.15) is 0 Å². The Balaban J connectivity index is 1.28. The van der Waals surface area contributed by atoms with E-state index >= 15 is 0 Å². The highest BCUT2D eigenvalue weighted by atomic mass is 16.5. The van der Waals surface area contributed by atoms with Crippen LogP contribution in [0.5, 0.6) is 5.88 Å². The van der Waals surface area contributed by atoms with Gasteiger partial charge >= 0.3 is 0 Å². The van der Waals surface area contributed by atoms with Crippen LogP contribution in [0.25, 0.3) is 22.0 Å². The number of rotatable bonds is 7. The number of carbonyl (C=O) groups is 1. The summed E-state index contributed by atoms with van der Waals surface area (Å²) >= 11 is 0. The van der Waals surface area contributed by atoms with Crippen LogP contribution in [0.15, 0.2) is 73.1 Å². The first-order valence-corrected chi connectivity index (χ1v) is 12.7. The highest BCUT2D eigenvalue weighted by Crippen LogP contribution is 2.55. The summed E-state index contributed by atoms with van der Waals surface area (Å²) < 4.78 is 7.93. The Kier molecular flexibility index (Phi) is 5.56. The van der Waals surface area contributed by atoms with Gasteiger partial charge in [-0.25, -0.2) is 4.98 Å². The average molecular weight is 466 g/mol. The van der Waals surface area contributed by atoms with E-state index in [1.807, 2.05) is 25.3 Å². The Morgan fingerprint density at radius 3 is 2.49 bits per heavy atom. The number of pyridine rings is 1. The fourth-order valence-electron chi connectivity index (χ4n) is 5.81. The van der Waals surface area contributed by atoms with Crippen LogP contribution in [0, 0.1) is 5.41 Å². The molecule has 1 N–H and O–H groups in total. The molecular weight excluding hydrogens is 434 g/mol. The second kappa shape index (κ2) is 8.88. The predicted octanol–water partition coefficient (Wildman–Crippen LogP) is 6.21. The molecule has 0 bridgehead atoms. The zero-order valence-corrected chi connectivity index (χ0v) is 20.2. The third-order valence-electron chi connectivity index (χ3n) is 7.81. The van der Waals surface area contributed by atoms with Gasteiger partial charge in [-0.2, -0.15) is 0 Å². The summed E-state index contributed by atoms with van der Waals surface area (Å²) in [6.45, 7) is 3.15.